The molecule has 1 saturated heterocycles. The smallest absolute Gasteiger partial charge is 0.221 e. The van der Waals surface area contributed by atoms with E-state index in [1.807, 2.05) is 38.1 Å². The molecule has 1 aliphatic carbocycles. The number of fused-ring (bicyclic) bond motifs is 1. The van der Waals surface area contributed by atoms with Crippen molar-refractivity contribution >= 4 is 11.6 Å². The number of carbonyl (C=O) groups excluding carboxylic acids is 1. The van der Waals surface area contributed by atoms with Gasteiger partial charge in [0.05, 0.1) is 11.8 Å². The lowest BCUT2D eigenvalue weighted by Crippen LogP contribution is -2.42. The first kappa shape index (κ1) is 20.8. The minimum absolute atomic E-state index is 0.0571. The second-order valence-electron chi connectivity index (χ2n) is 8.82. The Hall–Kier alpha value is -2.44. The van der Waals surface area contributed by atoms with Crippen LogP contribution in [0.5, 0.6) is 5.75 Å². The van der Waals surface area contributed by atoms with E-state index in [2.05, 4.69) is 27.3 Å². The van der Waals surface area contributed by atoms with E-state index in [-0.39, 0.29) is 12.0 Å². The summed E-state index contributed by atoms with van der Waals surface area (Å²) < 4.78 is 6.19. The average molecular weight is 410 g/mol. The van der Waals surface area contributed by atoms with Crippen LogP contribution >= 0.6 is 0 Å². The molecule has 6 heteroatoms. The normalized spacial score (nSPS) is 26.3. The Morgan fingerprint density at radius 2 is 1.83 bits per heavy atom. The quantitative estimate of drug-likeness (QED) is 0.793. The van der Waals surface area contributed by atoms with Gasteiger partial charge >= 0.3 is 0 Å². The van der Waals surface area contributed by atoms with Crippen LogP contribution in [0.4, 0.5) is 5.69 Å². The van der Waals surface area contributed by atoms with Crippen molar-refractivity contribution in [3.05, 3.63) is 53.3 Å². The third-order valence-corrected chi connectivity index (χ3v) is 6.30. The Kier molecular flexibility index (Phi) is 6.06. The lowest BCUT2D eigenvalue weighted by atomic mass is 9.78. The number of benzene rings is 1. The topological polar surface area (TPSA) is 74.7 Å². The van der Waals surface area contributed by atoms with E-state index >= 15 is 0 Å². The van der Waals surface area contributed by atoms with Gasteiger partial charge in [-0.25, -0.2) is 0 Å². The van der Waals surface area contributed by atoms with Gasteiger partial charge in [-0.1, -0.05) is 12.1 Å². The van der Waals surface area contributed by atoms with Crippen LogP contribution in [0.1, 0.15) is 36.7 Å². The molecule has 2 heterocycles. The van der Waals surface area contributed by atoms with Gasteiger partial charge in [-0.2, -0.15) is 0 Å². The van der Waals surface area contributed by atoms with E-state index in [0.717, 1.165) is 55.3 Å². The van der Waals surface area contributed by atoms with Crippen LogP contribution in [0, 0.1) is 25.7 Å². The first-order valence-electron chi connectivity index (χ1n) is 10.7. The third kappa shape index (κ3) is 4.82. The molecule has 30 heavy (non-hydrogen) atoms. The molecular formula is C24H31N3O3. The summed E-state index contributed by atoms with van der Waals surface area (Å²) in [6.45, 7) is 8.35. The molecule has 2 aromatic rings. The van der Waals surface area contributed by atoms with Crippen molar-refractivity contribution in [3.8, 4) is 5.75 Å². The van der Waals surface area contributed by atoms with E-state index in [4.69, 9.17) is 4.74 Å². The van der Waals surface area contributed by atoms with Gasteiger partial charge in [-0.3, -0.25) is 14.7 Å². The summed E-state index contributed by atoms with van der Waals surface area (Å²) in [6.07, 6.45) is 1.04. The van der Waals surface area contributed by atoms with Crippen molar-refractivity contribution in [1.29, 1.82) is 0 Å². The van der Waals surface area contributed by atoms with Crippen LogP contribution in [-0.2, 0) is 11.3 Å². The second kappa shape index (κ2) is 8.74. The fourth-order valence-electron chi connectivity index (χ4n) is 4.86. The van der Waals surface area contributed by atoms with Gasteiger partial charge in [0.2, 0.25) is 5.91 Å². The molecule has 2 fully saturated rings. The molecule has 1 saturated carbocycles. The number of rotatable bonds is 5. The molecule has 0 radical (unpaired) electrons. The summed E-state index contributed by atoms with van der Waals surface area (Å²) in [7, 11) is 0. The molecule has 4 atom stereocenters. The fourth-order valence-corrected chi connectivity index (χ4v) is 4.86. The first-order chi connectivity index (χ1) is 14.4. The molecule has 0 bridgehead atoms. The third-order valence-electron chi connectivity index (χ3n) is 6.30. The standard InChI is InChI=1S/C24H31N3O3/c1-15-4-9-23(16(2)25-15)30-24-11-20-14-27(13-19(20)10-22(24)29)12-18-5-7-21(8-6-18)26-17(3)28/h4-9,19-20,22,24,29H,10-14H2,1-3H3,(H,26,28)/t19-,20+,22+,24+/m0/s1. The molecule has 4 rings (SSSR count). The summed E-state index contributed by atoms with van der Waals surface area (Å²) in [5.74, 6) is 1.77. The summed E-state index contributed by atoms with van der Waals surface area (Å²) in [5.41, 5.74) is 3.91. The predicted octanol–water partition coefficient (Wildman–Crippen LogP) is 3.31. The molecule has 1 aromatic carbocycles. The van der Waals surface area contributed by atoms with E-state index < -0.39 is 6.10 Å². The van der Waals surface area contributed by atoms with Gasteiger partial charge in [0, 0.05) is 37.9 Å². The van der Waals surface area contributed by atoms with Crippen LogP contribution in [0.2, 0.25) is 0 Å². The number of nitrogens with zero attached hydrogens (tertiary/aromatic N) is 2. The molecule has 160 valence electrons. The van der Waals surface area contributed by atoms with Crippen molar-refractivity contribution in [1.82, 2.24) is 9.88 Å². The number of hydrogen-bond acceptors (Lipinski definition) is 5. The first-order valence-corrected chi connectivity index (χ1v) is 10.7. The van der Waals surface area contributed by atoms with Crippen LogP contribution in [0.3, 0.4) is 0 Å². The van der Waals surface area contributed by atoms with Crippen LogP contribution in [-0.4, -0.2) is 46.2 Å². The van der Waals surface area contributed by atoms with Gasteiger partial charge in [-0.15, -0.1) is 0 Å². The molecule has 6 nitrogen and oxygen atoms in total. The Bertz CT molecular complexity index is 899. The number of ether oxygens (including phenoxy) is 1. The number of pyridine rings is 1. The maximum Gasteiger partial charge on any atom is 0.221 e. The molecule has 1 aliphatic heterocycles. The maximum atomic E-state index is 11.2. The van der Waals surface area contributed by atoms with Gasteiger partial charge in [0.25, 0.3) is 0 Å². The van der Waals surface area contributed by atoms with Crippen molar-refractivity contribution in [2.24, 2.45) is 11.8 Å². The highest BCUT2D eigenvalue weighted by atomic mass is 16.5. The van der Waals surface area contributed by atoms with Gasteiger partial charge < -0.3 is 15.2 Å². The zero-order chi connectivity index (χ0) is 21.3. The number of carbonyl (C=O) groups is 1. The number of aromatic nitrogens is 1. The summed E-state index contributed by atoms with van der Waals surface area (Å²) in [4.78, 5) is 18.1. The molecule has 0 spiro atoms. The zero-order valence-electron chi connectivity index (χ0n) is 18.0. The van der Waals surface area contributed by atoms with Gasteiger partial charge in [0.1, 0.15) is 11.9 Å². The summed E-state index contributed by atoms with van der Waals surface area (Å²) >= 11 is 0. The number of amides is 1. The lowest BCUT2D eigenvalue weighted by Gasteiger charge is -2.35. The Morgan fingerprint density at radius 1 is 1.13 bits per heavy atom. The van der Waals surface area contributed by atoms with Crippen LogP contribution in [0.15, 0.2) is 36.4 Å². The molecule has 2 N–H and O–H groups in total. The highest BCUT2D eigenvalue weighted by Gasteiger charge is 2.42. The van der Waals surface area contributed by atoms with Crippen molar-refractivity contribution in [3.63, 3.8) is 0 Å². The predicted molar refractivity (Wildman–Crippen MR) is 116 cm³/mol. The Balaban J connectivity index is 1.35. The number of aryl methyl sites for hydroxylation is 2. The SMILES string of the molecule is CC(=O)Nc1ccc(CN2C[C@H]3C[C@@H](Oc4ccc(C)nc4C)[C@H](O)C[C@H]3C2)cc1. The highest BCUT2D eigenvalue weighted by Crippen LogP contribution is 2.38. The van der Waals surface area contributed by atoms with Gasteiger partial charge in [-0.05, 0) is 68.4 Å². The number of nitrogens with one attached hydrogen (secondary N) is 1. The second-order valence-corrected chi connectivity index (χ2v) is 8.82. The van der Waals surface area contributed by atoms with Crippen LogP contribution < -0.4 is 10.1 Å². The maximum absolute atomic E-state index is 11.2. The number of anilines is 1. The molecule has 1 amide bonds. The van der Waals surface area contributed by atoms with Crippen molar-refractivity contribution in [2.75, 3.05) is 18.4 Å². The fraction of sp³-hybridized carbons (Fsp3) is 0.500. The summed E-state index contributed by atoms with van der Waals surface area (Å²) in [5, 5.41) is 13.5. The van der Waals surface area contributed by atoms with Crippen molar-refractivity contribution < 1.29 is 14.6 Å². The minimum Gasteiger partial charge on any atom is -0.486 e. The highest BCUT2D eigenvalue weighted by molar-refractivity contribution is 5.88. The average Bonchev–Trinajstić information content (AvgIpc) is 3.06. The van der Waals surface area contributed by atoms with E-state index in [0.29, 0.717) is 11.8 Å². The Labute approximate surface area is 178 Å². The van der Waals surface area contributed by atoms with Crippen molar-refractivity contribution in [2.45, 2.75) is 52.4 Å². The van der Waals surface area contributed by atoms with E-state index in [1.54, 1.807) is 0 Å². The molecular weight excluding hydrogens is 378 g/mol. The number of aliphatic hydroxyl groups is 1. The number of hydrogen-bond donors (Lipinski definition) is 2. The van der Waals surface area contributed by atoms with E-state index in [1.165, 1.54) is 12.5 Å². The number of aliphatic hydroxyl groups excluding tert-OH is 1. The number of likely N-dealkylation sites (tertiary alicyclic amines) is 1. The summed E-state index contributed by atoms with van der Waals surface area (Å²) in [6, 6.07) is 12.0. The van der Waals surface area contributed by atoms with Gasteiger partial charge in [0.15, 0.2) is 0 Å². The monoisotopic (exact) mass is 409 g/mol. The van der Waals surface area contributed by atoms with E-state index in [9.17, 15) is 9.90 Å². The zero-order valence-corrected chi connectivity index (χ0v) is 18.0. The molecule has 1 aromatic heterocycles. The largest absolute Gasteiger partial charge is 0.486 e. The lowest BCUT2D eigenvalue weighted by molar-refractivity contribution is -0.114. The molecule has 2 aliphatic rings. The Morgan fingerprint density at radius 3 is 2.50 bits per heavy atom. The van der Waals surface area contributed by atoms with Crippen LogP contribution in [0.25, 0.3) is 0 Å². The molecule has 0 unspecified atom stereocenters. The minimum atomic E-state index is -0.441.